The standard InChI is InChI=1S/C19H18N2O.C19H13NO2.C17H11F3N2O.C16H12N2O2.2C16H11NO2.C15H11NO4/c1-12(2)21-11-17(20-4)16-7-5-6-15(19(16)21)14-9-8-13(3)18(22)10-14;1-12(21)16-8-7-14(10-19(16)22)18-11-15(20-2)9-13-5-3-4-6-17(13)18;1-9-3-4-10(6-14(9)23)13-8-12(21-2)5-11-7-15(17(18,19)20)22-16(11)13;1-9-4-5-11(6-15(9)19)14-8-12(17-3)7-13-10(2)18-20-16(13)14;1-10-3-4-11(8-15(10)18)14-9-13(17-2)7-12-5-6-19-16(12)14;1-10-6-7-11(8-15(10)18)12-4-3-5-13-14(17-2)9-19-16(12)13;1-8-10-3-2-4-11(14(10)20-16-8)9-5-6-12(15(18)19)13(17)7-9/h5-12,22H,1-3H3;3-11,22H,1H3;3-8,22-23H,1H3;4-8,19H,1-2H3;2*3-9,18H,1H3;2-7,17H,1H3,(H,18,19). The van der Waals surface area contributed by atoms with Crippen LogP contribution in [-0.4, -0.2) is 72.5 Å². The molecule has 714 valence electrons. The third kappa shape index (κ3) is 21.3. The van der Waals surface area contributed by atoms with E-state index in [4.69, 9.17) is 62.4 Å². The van der Waals surface area contributed by atoms with E-state index in [1.54, 1.807) is 104 Å². The Morgan fingerprint density at radius 3 is 1.26 bits per heavy atom. The molecule has 0 aliphatic rings. The summed E-state index contributed by atoms with van der Waals surface area (Å²) >= 11 is 0. The number of nitrogens with one attached hydrogen (secondary N) is 1. The number of rotatable bonds is 10. The first-order valence-electron chi connectivity index (χ1n) is 44.8. The highest BCUT2D eigenvalue weighted by atomic mass is 19.4. The van der Waals surface area contributed by atoms with Crippen molar-refractivity contribution in [2.45, 2.75) is 81.5 Å². The van der Waals surface area contributed by atoms with Gasteiger partial charge in [-0.3, -0.25) is 4.79 Å². The number of fused-ring (bicyclic) bond motifs is 7. The molecule has 0 saturated carbocycles. The number of carbonyl (C=O) groups is 2. The van der Waals surface area contributed by atoms with Crippen LogP contribution in [-0.2, 0) is 6.18 Å². The van der Waals surface area contributed by atoms with E-state index in [0.29, 0.717) is 84.1 Å². The number of para-hydroxylation sites is 3. The van der Waals surface area contributed by atoms with Gasteiger partial charge in [0.2, 0.25) is 11.4 Å². The number of aromatic amines is 1. The van der Waals surface area contributed by atoms with Crippen LogP contribution >= 0.6 is 0 Å². The highest BCUT2D eigenvalue weighted by Gasteiger charge is 2.33. The third-order valence-electron chi connectivity index (χ3n) is 24.4. The lowest BCUT2D eigenvalue weighted by Gasteiger charge is -2.14. The maximum absolute atomic E-state index is 12.9. The van der Waals surface area contributed by atoms with Gasteiger partial charge >= 0.3 is 12.1 Å². The monoisotopic (exact) mass is 1920 g/mol. The molecule has 21 aromatic rings. The number of nitrogens with zero attached hydrogens (tertiary/aromatic N) is 9. The lowest BCUT2D eigenvalue weighted by atomic mass is 9.96. The fourth-order valence-corrected chi connectivity index (χ4v) is 16.5. The SMILES string of the molecule is Cc1noc2c(-c3ccc(C(=O)O)c(O)c3)cccc12.[C-]#[N+]c1cc(-c2ccc(C(C)=O)c(O)c2)c2ccccc2c1.[C-]#[N+]c1cc(-c2ccc(C)c(O)c2)c2[nH]c(C(F)(F)F)cc2c1.[C-]#[N+]c1cc(-c2ccc(C)c(O)c2)c2occc2c1.[C-]#[N+]c1cc(-c2ccc(C)c(O)c2)c2onc(C)c2c1.[C-]#[N+]c1cn(C(C)C)c2c(-c3ccc(C)c(O)c3)cccc12.[C-]#[N+]c1coc2c(-c3ccc(C)c(O)c3)cccc12. The highest BCUT2D eigenvalue weighted by molar-refractivity contribution is 6.06. The van der Waals surface area contributed by atoms with Crippen molar-refractivity contribution in [2.24, 2.45) is 0 Å². The number of furan rings is 2. The molecule has 24 nitrogen and oxygen atoms in total. The van der Waals surface area contributed by atoms with Crippen LogP contribution in [0.5, 0.6) is 40.2 Å². The fraction of sp³-hybridized carbons (Fsp3) is 0.102. The molecule has 0 spiro atoms. The Balaban J connectivity index is 0.000000127. The summed E-state index contributed by atoms with van der Waals surface area (Å²) in [4.78, 5) is 45.6. The molecule has 0 saturated heterocycles. The molecule has 145 heavy (non-hydrogen) atoms. The number of ketones is 1. The van der Waals surface area contributed by atoms with Crippen LogP contribution in [0.15, 0.2) is 304 Å². The maximum Gasteiger partial charge on any atom is 0.431 e. The van der Waals surface area contributed by atoms with Crippen molar-refractivity contribution in [1.29, 1.82) is 0 Å². The Morgan fingerprint density at radius 2 is 0.766 bits per heavy atom. The molecule has 0 amide bonds. The van der Waals surface area contributed by atoms with E-state index in [1.165, 1.54) is 43.5 Å². The molecule has 0 fully saturated rings. The first-order chi connectivity index (χ1) is 69.5. The molecule has 6 aromatic heterocycles. The van der Waals surface area contributed by atoms with Crippen molar-refractivity contribution in [3.63, 3.8) is 0 Å². The van der Waals surface area contributed by atoms with Gasteiger partial charge < -0.3 is 68.3 Å². The summed E-state index contributed by atoms with van der Waals surface area (Å²) in [5.41, 5.74) is 22.9. The van der Waals surface area contributed by atoms with Crippen LogP contribution in [0.25, 0.3) is 183 Å². The van der Waals surface area contributed by atoms with Crippen molar-refractivity contribution < 1.29 is 81.5 Å². The van der Waals surface area contributed by atoms with Crippen LogP contribution < -0.4 is 0 Å². The number of carbonyl (C=O) groups excluding carboxylic acids is 1. The van der Waals surface area contributed by atoms with Gasteiger partial charge in [0.05, 0.1) is 74.4 Å². The number of aryl methyl sites for hydroxylation is 7. The van der Waals surface area contributed by atoms with Gasteiger partial charge in [-0.25, -0.2) is 33.9 Å². The van der Waals surface area contributed by atoms with Gasteiger partial charge in [0.1, 0.15) is 62.7 Å². The quantitative estimate of drug-likeness (QED) is 0.0454. The number of halogens is 3. The van der Waals surface area contributed by atoms with Crippen LogP contribution in [0.2, 0.25) is 0 Å². The Hall–Kier alpha value is -19.9. The van der Waals surface area contributed by atoms with Crippen LogP contribution in [0.4, 0.5) is 47.3 Å². The molecule has 15 aromatic carbocycles. The van der Waals surface area contributed by atoms with Gasteiger partial charge in [0, 0.05) is 72.5 Å². The first kappa shape index (κ1) is 99.6. The Bertz CT molecular complexity index is 8980. The summed E-state index contributed by atoms with van der Waals surface area (Å²) in [5, 5.41) is 92.6. The van der Waals surface area contributed by atoms with Crippen LogP contribution in [0, 0.1) is 87.9 Å². The summed E-state index contributed by atoms with van der Waals surface area (Å²) in [6, 6.07) is 78.2. The summed E-state index contributed by atoms with van der Waals surface area (Å²) in [6.07, 6.45) is 0.495. The lowest BCUT2D eigenvalue weighted by Crippen LogP contribution is -2.04. The minimum absolute atomic E-state index is 0.0395. The Kier molecular flexibility index (Phi) is 29.0. The normalized spacial score (nSPS) is 10.8. The number of benzene rings is 15. The van der Waals surface area contributed by atoms with Crippen molar-refractivity contribution in [3.05, 3.63) is 410 Å². The molecule has 0 radical (unpaired) electrons. The summed E-state index contributed by atoms with van der Waals surface area (Å²) in [6.45, 7) is 61.7. The number of Topliss-reactive ketones (excluding diaryl/α,β-unsaturated/α-hetero) is 1. The molecule has 9 N–H and O–H groups in total. The number of aromatic hydroxyl groups is 7. The first-order valence-corrected chi connectivity index (χ1v) is 44.8. The zero-order valence-electron chi connectivity index (χ0n) is 79.4. The van der Waals surface area contributed by atoms with Crippen molar-refractivity contribution in [1.82, 2.24) is 19.9 Å². The second-order valence-corrected chi connectivity index (χ2v) is 34.3. The number of H-pyrrole nitrogens is 1. The smallest absolute Gasteiger partial charge is 0.431 e. The minimum Gasteiger partial charge on any atom is -0.508 e. The molecule has 0 atom stereocenters. The van der Waals surface area contributed by atoms with Gasteiger partial charge in [0.25, 0.3) is 0 Å². The second-order valence-electron chi connectivity index (χ2n) is 34.3. The lowest BCUT2D eigenvalue weighted by molar-refractivity contribution is -0.140. The van der Waals surface area contributed by atoms with Gasteiger partial charge in [-0.05, 0) is 285 Å². The zero-order valence-corrected chi connectivity index (χ0v) is 79.4. The van der Waals surface area contributed by atoms with Crippen LogP contribution in [0.3, 0.4) is 0 Å². The van der Waals surface area contributed by atoms with Gasteiger partial charge in [0.15, 0.2) is 39.7 Å². The summed E-state index contributed by atoms with van der Waals surface area (Å²) in [5.74, 6) is -0.594. The zero-order chi connectivity index (χ0) is 104. The number of aromatic nitrogens is 4. The van der Waals surface area contributed by atoms with Gasteiger partial charge in [-0.1, -0.05) is 156 Å². The number of hydrogen-bond acceptors (Lipinski definition) is 15. The topological polar surface area (TPSA) is 321 Å². The molecule has 0 aliphatic carbocycles. The number of phenolic OH excluding ortho intramolecular Hbond substituents is 6. The van der Waals surface area contributed by atoms with Crippen molar-refractivity contribution >= 4 is 122 Å². The van der Waals surface area contributed by atoms with Gasteiger partial charge in [-0.15, -0.1) is 0 Å². The molecule has 0 bridgehead atoms. The molecule has 27 heteroatoms. The van der Waals surface area contributed by atoms with E-state index in [0.717, 1.165) is 150 Å². The number of alkyl halides is 3. The van der Waals surface area contributed by atoms with E-state index >= 15 is 0 Å². The number of carboxylic acid groups (broad SMARTS) is 1. The second kappa shape index (κ2) is 42.2. The van der Waals surface area contributed by atoms with Gasteiger partial charge in [-0.2, -0.15) is 13.2 Å². The Labute approximate surface area is 828 Å². The Morgan fingerprint density at radius 1 is 0.366 bits per heavy atom. The van der Waals surface area contributed by atoms with Crippen molar-refractivity contribution in [2.75, 3.05) is 0 Å². The molecule has 21 rings (SSSR count). The predicted octanol–water partition coefficient (Wildman–Crippen LogP) is 32.7. The molecule has 0 aliphatic heterocycles. The van der Waals surface area contributed by atoms with E-state index < -0.39 is 17.8 Å². The number of hydrogen-bond donors (Lipinski definition) is 9. The number of phenols is 7. The number of aromatic carboxylic acids is 1. The fourth-order valence-electron chi connectivity index (χ4n) is 16.5. The summed E-state index contributed by atoms with van der Waals surface area (Å²) in [7, 11) is 0. The van der Waals surface area contributed by atoms with E-state index in [1.807, 2.05) is 187 Å². The van der Waals surface area contributed by atoms with E-state index in [9.17, 15) is 58.5 Å². The molecule has 0 unspecified atom stereocenters. The third-order valence-corrected chi connectivity index (χ3v) is 24.4. The number of carboxylic acids is 1. The summed E-state index contributed by atoms with van der Waals surface area (Å²) < 4.78 is 62.6. The largest absolute Gasteiger partial charge is 0.508 e. The highest BCUT2D eigenvalue weighted by Crippen LogP contribution is 2.46. The average Bonchev–Trinajstić information content (AvgIpc) is 1.61. The maximum atomic E-state index is 12.9. The van der Waals surface area contributed by atoms with Crippen LogP contribution in [0.1, 0.15) is 92.4 Å². The minimum atomic E-state index is -4.50. The predicted molar refractivity (Wildman–Crippen MR) is 557 cm³/mol. The average molecular weight is 1930 g/mol. The van der Waals surface area contributed by atoms with E-state index in [2.05, 4.69) is 62.8 Å². The molecule has 6 heterocycles. The van der Waals surface area contributed by atoms with E-state index in [-0.39, 0.29) is 63.1 Å². The van der Waals surface area contributed by atoms with Crippen molar-refractivity contribution in [3.8, 4) is 118 Å². The molecular weight excluding hydrogens is 1840 g/mol. The molecular formula is C118H87F3N10O14.